The minimum Gasteiger partial charge on any atom is -0.337 e. The number of aromatic nitrogens is 1. The molecule has 0 bridgehead atoms. The first-order chi connectivity index (χ1) is 10.8. The second-order valence-corrected chi connectivity index (χ2v) is 8.04. The highest BCUT2D eigenvalue weighted by atomic mass is 32.1. The molecule has 1 atom stereocenters. The van der Waals surface area contributed by atoms with Crippen molar-refractivity contribution in [3.8, 4) is 0 Å². The van der Waals surface area contributed by atoms with E-state index in [0.717, 1.165) is 15.8 Å². The number of benzene rings is 1. The number of para-hydroxylation sites is 1. The van der Waals surface area contributed by atoms with Crippen molar-refractivity contribution in [1.29, 1.82) is 0 Å². The smallest absolute Gasteiger partial charge is 0.231 e. The molecule has 0 radical (unpaired) electrons. The number of hydrogen-bond donors (Lipinski definition) is 1. The monoisotopic (exact) mass is 331 g/mol. The number of carbonyl (C=O) groups is 2. The SMILES string of the molecule is Cc1cccc2sc(NC(=O)[C@H]3CC(=O)N(C(C)(C)C)C3)nc12. The molecule has 1 saturated heterocycles. The number of thiazole rings is 1. The number of carbonyl (C=O) groups excluding carboxylic acids is 2. The molecule has 122 valence electrons. The van der Waals surface area contributed by atoms with Crippen molar-refractivity contribution in [2.45, 2.75) is 39.7 Å². The molecule has 1 fully saturated rings. The van der Waals surface area contributed by atoms with E-state index in [1.54, 1.807) is 4.90 Å². The number of likely N-dealkylation sites (tertiary alicyclic amines) is 1. The molecule has 0 spiro atoms. The lowest BCUT2D eigenvalue weighted by Crippen LogP contribution is -2.42. The van der Waals surface area contributed by atoms with Crippen LogP contribution >= 0.6 is 11.3 Å². The topological polar surface area (TPSA) is 62.3 Å². The fourth-order valence-corrected chi connectivity index (χ4v) is 3.83. The Morgan fingerprint density at radius 3 is 2.74 bits per heavy atom. The van der Waals surface area contributed by atoms with Crippen LogP contribution in [0.25, 0.3) is 10.2 Å². The molecular weight excluding hydrogens is 310 g/mol. The number of hydrogen-bond acceptors (Lipinski definition) is 4. The zero-order chi connectivity index (χ0) is 16.8. The summed E-state index contributed by atoms with van der Waals surface area (Å²) in [7, 11) is 0. The molecule has 2 heterocycles. The van der Waals surface area contributed by atoms with E-state index in [2.05, 4.69) is 10.3 Å². The van der Waals surface area contributed by atoms with Crippen molar-refractivity contribution in [1.82, 2.24) is 9.88 Å². The summed E-state index contributed by atoms with van der Waals surface area (Å²) >= 11 is 1.46. The second kappa shape index (κ2) is 5.60. The quantitative estimate of drug-likeness (QED) is 0.919. The summed E-state index contributed by atoms with van der Waals surface area (Å²) in [5.74, 6) is -0.394. The Bertz CT molecular complexity index is 776. The number of amides is 2. The van der Waals surface area contributed by atoms with Crippen molar-refractivity contribution in [2.75, 3.05) is 11.9 Å². The van der Waals surface area contributed by atoms with Gasteiger partial charge in [-0.2, -0.15) is 0 Å². The standard InChI is InChI=1S/C17H21N3O2S/c1-10-6-5-7-12-14(10)18-16(23-12)19-15(22)11-8-13(21)20(9-11)17(2,3)4/h5-7,11H,8-9H2,1-4H3,(H,18,19,22)/t11-/m0/s1. The molecule has 2 aromatic rings. The van der Waals surface area contributed by atoms with Crippen LogP contribution in [-0.4, -0.2) is 33.8 Å². The molecule has 0 aliphatic carbocycles. The highest BCUT2D eigenvalue weighted by Gasteiger charge is 2.39. The van der Waals surface area contributed by atoms with E-state index in [9.17, 15) is 9.59 Å². The van der Waals surface area contributed by atoms with Crippen LogP contribution in [0.2, 0.25) is 0 Å². The third-order valence-electron chi connectivity index (χ3n) is 4.16. The van der Waals surface area contributed by atoms with Crippen LogP contribution in [0.3, 0.4) is 0 Å². The Balaban J connectivity index is 1.74. The van der Waals surface area contributed by atoms with Gasteiger partial charge in [0.05, 0.1) is 16.1 Å². The molecule has 1 aromatic heterocycles. The summed E-state index contributed by atoms with van der Waals surface area (Å²) < 4.78 is 1.05. The van der Waals surface area contributed by atoms with E-state index in [4.69, 9.17) is 0 Å². The molecule has 23 heavy (non-hydrogen) atoms. The van der Waals surface area contributed by atoms with Gasteiger partial charge in [-0.1, -0.05) is 23.5 Å². The van der Waals surface area contributed by atoms with Gasteiger partial charge in [0.2, 0.25) is 11.8 Å². The van der Waals surface area contributed by atoms with Gasteiger partial charge in [0, 0.05) is 18.5 Å². The predicted molar refractivity (Wildman–Crippen MR) is 92.6 cm³/mol. The maximum absolute atomic E-state index is 12.5. The number of fused-ring (bicyclic) bond motifs is 1. The summed E-state index contributed by atoms with van der Waals surface area (Å²) in [6.07, 6.45) is 0.271. The summed E-state index contributed by atoms with van der Waals surface area (Å²) in [5.41, 5.74) is 1.76. The minimum absolute atomic E-state index is 0.0396. The third kappa shape index (κ3) is 3.08. The van der Waals surface area contributed by atoms with Crippen LogP contribution in [-0.2, 0) is 9.59 Å². The Kier molecular flexibility index (Phi) is 3.88. The van der Waals surface area contributed by atoms with E-state index in [1.807, 2.05) is 45.9 Å². The molecule has 1 N–H and O–H groups in total. The highest BCUT2D eigenvalue weighted by Crippen LogP contribution is 2.30. The average Bonchev–Trinajstić information content (AvgIpc) is 3.02. The van der Waals surface area contributed by atoms with Crippen LogP contribution < -0.4 is 5.32 Å². The van der Waals surface area contributed by atoms with Gasteiger partial charge < -0.3 is 10.2 Å². The average molecular weight is 331 g/mol. The largest absolute Gasteiger partial charge is 0.337 e. The zero-order valence-electron chi connectivity index (χ0n) is 13.8. The summed E-state index contributed by atoms with van der Waals surface area (Å²) in [6, 6.07) is 5.99. The molecule has 5 nitrogen and oxygen atoms in total. The first-order valence-electron chi connectivity index (χ1n) is 7.73. The lowest BCUT2D eigenvalue weighted by atomic mass is 10.1. The van der Waals surface area contributed by atoms with Crippen molar-refractivity contribution in [3.05, 3.63) is 23.8 Å². The molecule has 0 saturated carbocycles. The third-order valence-corrected chi connectivity index (χ3v) is 5.09. The Morgan fingerprint density at radius 1 is 1.39 bits per heavy atom. The maximum atomic E-state index is 12.5. The molecule has 1 aromatic carbocycles. The number of rotatable bonds is 2. The van der Waals surface area contributed by atoms with E-state index in [0.29, 0.717) is 11.7 Å². The summed E-state index contributed by atoms with van der Waals surface area (Å²) in [4.78, 5) is 30.9. The summed E-state index contributed by atoms with van der Waals surface area (Å²) in [5, 5.41) is 3.48. The molecule has 6 heteroatoms. The van der Waals surface area contributed by atoms with E-state index in [-0.39, 0.29) is 29.7 Å². The Hall–Kier alpha value is -1.95. The minimum atomic E-state index is -0.310. The Morgan fingerprint density at radius 2 is 2.13 bits per heavy atom. The summed E-state index contributed by atoms with van der Waals surface area (Å²) in [6.45, 7) is 8.44. The van der Waals surface area contributed by atoms with Crippen LogP contribution in [0, 0.1) is 12.8 Å². The van der Waals surface area contributed by atoms with Crippen LogP contribution in [0.15, 0.2) is 18.2 Å². The number of nitrogens with zero attached hydrogens (tertiary/aromatic N) is 2. The van der Waals surface area contributed by atoms with Gasteiger partial charge >= 0.3 is 0 Å². The van der Waals surface area contributed by atoms with Gasteiger partial charge in [-0.3, -0.25) is 9.59 Å². The van der Waals surface area contributed by atoms with E-state index < -0.39 is 0 Å². The lowest BCUT2D eigenvalue weighted by molar-refractivity contribution is -0.131. The molecule has 3 rings (SSSR count). The van der Waals surface area contributed by atoms with Crippen molar-refractivity contribution >= 4 is 38.5 Å². The lowest BCUT2D eigenvalue weighted by Gasteiger charge is -2.31. The van der Waals surface area contributed by atoms with E-state index >= 15 is 0 Å². The predicted octanol–water partition coefficient (Wildman–Crippen LogP) is 3.19. The molecule has 2 amide bonds. The van der Waals surface area contributed by atoms with Crippen molar-refractivity contribution < 1.29 is 9.59 Å². The second-order valence-electron chi connectivity index (χ2n) is 7.01. The molecule has 1 aliphatic rings. The first kappa shape index (κ1) is 15.9. The number of aryl methyl sites for hydroxylation is 1. The molecule has 1 aliphatic heterocycles. The number of nitrogens with one attached hydrogen (secondary N) is 1. The zero-order valence-corrected chi connectivity index (χ0v) is 14.7. The molecular formula is C17H21N3O2S. The maximum Gasteiger partial charge on any atom is 0.231 e. The van der Waals surface area contributed by atoms with Crippen LogP contribution in [0.1, 0.15) is 32.8 Å². The molecule has 0 unspecified atom stereocenters. The van der Waals surface area contributed by atoms with Crippen LogP contribution in [0.4, 0.5) is 5.13 Å². The number of anilines is 1. The van der Waals surface area contributed by atoms with Gasteiger partial charge in [0.25, 0.3) is 0 Å². The van der Waals surface area contributed by atoms with Gasteiger partial charge in [-0.05, 0) is 39.3 Å². The van der Waals surface area contributed by atoms with Gasteiger partial charge in [0.15, 0.2) is 5.13 Å². The normalized spacial score (nSPS) is 18.7. The van der Waals surface area contributed by atoms with Gasteiger partial charge in [-0.15, -0.1) is 0 Å². The fourth-order valence-electron chi connectivity index (χ4n) is 2.88. The van der Waals surface area contributed by atoms with Crippen molar-refractivity contribution in [2.24, 2.45) is 5.92 Å². The van der Waals surface area contributed by atoms with Gasteiger partial charge in [0.1, 0.15) is 0 Å². The Labute approximate surface area is 139 Å². The first-order valence-corrected chi connectivity index (χ1v) is 8.55. The van der Waals surface area contributed by atoms with Crippen LogP contribution in [0.5, 0.6) is 0 Å². The highest BCUT2D eigenvalue weighted by molar-refractivity contribution is 7.22. The van der Waals surface area contributed by atoms with Crippen molar-refractivity contribution in [3.63, 3.8) is 0 Å². The van der Waals surface area contributed by atoms with E-state index in [1.165, 1.54) is 11.3 Å². The van der Waals surface area contributed by atoms with Gasteiger partial charge in [-0.25, -0.2) is 4.98 Å². The fraction of sp³-hybridized carbons (Fsp3) is 0.471.